The summed E-state index contributed by atoms with van der Waals surface area (Å²) in [6, 6.07) is 19.4. The molecule has 0 bridgehead atoms. The number of nitrogens with two attached hydrogens (primary N) is 2. The molecule has 0 fully saturated rings. The maximum atomic E-state index is 6.53. The molecule has 0 spiro atoms. The van der Waals surface area contributed by atoms with Crippen LogP contribution in [0.2, 0.25) is 0 Å². The summed E-state index contributed by atoms with van der Waals surface area (Å²) in [5.41, 5.74) is 20.7. The Bertz CT molecular complexity index is 1450. The van der Waals surface area contributed by atoms with Crippen LogP contribution in [0.4, 0.5) is 5.69 Å². The van der Waals surface area contributed by atoms with Gasteiger partial charge in [-0.1, -0.05) is 84.0 Å². The number of nitrogens with one attached hydrogen (secondary N) is 1. The zero-order chi connectivity index (χ0) is 25.8. The van der Waals surface area contributed by atoms with E-state index in [1.165, 1.54) is 27.5 Å². The van der Waals surface area contributed by atoms with Crippen LogP contribution in [0, 0.1) is 10.8 Å². The molecule has 186 valence electrons. The van der Waals surface area contributed by atoms with Gasteiger partial charge in [-0.2, -0.15) is 0 Å². The molecule has 1 aliphatic rings. The lowest BCUT2D eigenvalue weighted by atomic mass is 9.83. The Balaban J connectivity index is 1.39. The van der Waals surface area contributed by atoms with Gasteiger partial charge >= 0.3 is 0 Å². The SMILES string of the molecule is CC(C)(C)[C@H](N)C1=Nc2ccc3cc(-c4ccc(-c5cnc([C@@H](N)C(C)(C)C)[nH]5)cc4)ccc3c2C1. The number of benzene rings is 3. The Kier molecular flexibility index (Phi) is 5.89. The fraction of sp³-hybridized carbons (Fsp3) is 0.355. The van der Waals surface area contributed by atoms with E-state index in [4.69, 9.17) is 16.5 Å². The Labute approximate surface area is 214 Å². The normalized spacial score (nSPS) is 15.6. The minimum atomic E-state index is -0.143. The summed E-state index contributed by atoms with van der Waals surface area (Å²) >= 11 is 0. The van der Waals surface area contributed by atoms with Gasteiger partial charge in [-0.15, -0.1) is 0 Å². The highest BCUT2D eigenvalue weighted by Crippen LogP contribution is 2.37. The number of rotatable bonds is 4. The molecule has 3 aromatic carbocycles. The first-order valence-electron chi connectivity index (χ1n) is 12.7. The summed E-state index contributed by atoms with van der Waals surface area (Å²) < 4.78 is 0. The second-order valence-electron chi connectivity index (χ2n) is 12.2. The lowest BCUT2D eigenvalue weighted by Gasteiger charge is -2.27. The number of nitrogens with zero attached hydrogens (tertiary/aromatic N) is 2. The quantitative estimate of drug-likeness (QED) is 0.296. The number of fused-ring (bicyclic) bond motifs is 3. The van der Waals surface area contributed by atoms with Gasteiger partial charge in [0.2, 0.25) is 0 Å². The molecular formula is C31H37N5. The van der Waals surface area contributed by atoms with Gasteiger partial charge in [0, 0.05) is 18.2 Å². The topological polar surface area (TPSA) is 93.1 Å². The first-order valence-corrected chi connectivity index (χ1v) is 12.7. The van der Waals surface area contributed by atoms with Gasteiger partial charge in [0.15, 0.2) is 0 Å². The van der Waals surface area contributed by atoms with Crippen molar-refractivity contribution in [1.82, 2.24) is 9.97 Å². The number of aromatic nitrogens is 2. The van der Waals surface area contributed by atoms with E-state index in [0.717, 1.165) is 34.9 Å². The minimum absolute atomic E-state index is 0.00756. The van der Waals surface area contributed by atoms with E-state index < -0.39 is 0 Å². The predicted octanol–water partition coefficient (Wildman–Crippen LogP) is 6.94. The number of hydrogen-bond acceptors (Lipinski definition) is 4. The van der Waals surface area contributed by atoms with Crippen LogP contribution < -0.4 is 11.5 Å². The summed E-state index contributed by atoms with van der Waals surface area (Å²) in [7, 11) is 0. The number of aromatic amines is 1. The van der Waals surface area contributed by atoms with Gasteiger partial charge in [-0.05, 0) is 56.0 Å². The molecule has 2 heterocycles. The van der Waals surface area contributed by atoms with Crippen LogP contribution in [0.25, 0.3) is 33.2 Å². The van der Waals surface area contributed by atoms with Crippen LogP contribution in [0.1, 0.15) is 59.0 Å². The van der Waals surface area contributed by atoms with E-state index in [1.807, 2.05) is 6.20 Å². The van der Waals surface area contributed by atoms with Crippen molar-refractivity contribution in [2.75, 3.05) is 0 Å². The van der Waals surface area contributed by atoms with Crippen molar-refractivity contribution in [2.45, 2.75) is 60.0 Å². The van der Waals surface area contributed by atoms with E-state index in [-0.39, 0.29) is 22.9 Å². The van der Waals surface area contributed by atoms with Crippen molar-refractivity contribution in [1.29, 1.82) is 0 Å². The zero-order valence-corrected chi connectivity index (χ0v) is 22.2. The Hall–Kier alpha value is -3.28. The summed E-state index contributed by atoms with van der Waals surface area (Å²) in [6.45, 7) is 12.9. The maximum absolute atomic E-state index is 6.53. The van der Waals surface area contributed by atoms with Gasteiger partial charge < -0.3 is 16.5 Å². The lowest BCUT2D eigenvalue weighted by molar-refractivity contribution is 0.317. The Morgan fingerprint density at radius 3 is 2.08 bits per heavy atom. The van der Waals surface area contributed by atoms with Crippen molar-refractivity contribution in [3.63, 3.8) is 0 Å². The summed E-state index contributed by atoms with van der Waals surface area (Å²) in [6.07, 6.45) is 2.69. The van der Waals surface area contributed by atoms with Crippen molar-refractivity contribution >= 4 is 22.2 Å². The molecule has 36 heavy (non-hydrogen) atoms. The minimum Gasteiger partial charge on any atom is -0.341 e. The molecule has 0 saturated heterocycles. The zero-order valence-electron chi connectivity index (χ0n) is 22.2. The largest absolute Gasteiger partial charge is 0.341 e. The number of aliphatic imine (C=N–C) groups is 1. The maximum Gasteiger partial charge on any atom is 0.124 e. The van der Waals surface area contributed by atoms with E-state index in [0.29, 0.717) is 0 Å². The van der Waals surface area contributed by atoms with Crippen molar-refractivity contribution in [2.24, 2.45) is 27.3 Å². The van der Waals surface area contributed by atoms with E-state index in [9.17, 15) is 0 Å². The van der Waals surface area contributed by atoms with Crippen molar-refractivity contribution in [3.8, 4) is 22.4 Å². The van der Waals surface area contributed by atoms with E-state index in [2.05, 4.69) is 106 Å². The molecule has 0 aliphatic carbocycles. The molecular weight excluding hydrogens is 442 g/mol. The van der Waals surface area contributed by atoms with Crippen LogP contribution >= 0.6 is 0 Å². The van der Waals surface area contributed by atoms with Gasteiger partial charge in [-0.25, -0.2) is 4.98 Å². The highest BCUT2D eigenvalue weighted by Gasteiger charge is 2.29. The third-order valence-electron chi connectivity index (χ3n) is 7.37. The second kappa shape index (κ2) is 8.68. The van der Waals surface area contributed by atoms with Crippen LogP contribution in [-0.2, 0) is 6.42 Å². The molecule has 0 radical (unpaired) electrons. The average molecular weight is 480 g/mol. The highest BCUT2D eigenvalue weighted by atomic mass is 15.0. The summed E-state index contributed by atoms with van der Waals surface area (Å²) in [4.78, 5) is 12.8. The fourth-order valence-electron chi connectivity index (χ4n) is 4.80. The van der Waals surface area contributed by atoms with Crippen LogP contribution in [0.5, 0.6) is 0 Å². The van der Waals surface area contributed by atoms with Crippen molar-refractivity contribution in [3.05, 3.63) is 72.2 Å². The van der Waals surface area contributed by atoms with Crippen molar-refractivity contribution < 1.29 is 0 Å². The van der Waals surface area contributed by atoms with Crippen LogP contribution in [0.3, 0.4) is 0 Å². The van der Waals surface area contributed by atoms with E-state index in [1.54, 1.807) is 0 Å². The third-order valence-corrected chi connectivity index (χ3v) is 7.37. The first-order chi connectivity index (χ1) is 16.9. The molecule has 5 N–H and O–H groups in total. The van der Waals surface area contributed by atoms with Gasteiger partial charge in [0.1, 0.15) is 5.82 Å². The fourth-order valence-corrected chi connectivity index (χ4v) is 4.80. The predicted molar refractivity (Wildman–Crippen MR) is 152 cm³/mol. The number of hydrogen-bond donors (Lipinski definition) is 3. The average Bonchev–Trinajstić information content (AvgIpc) is 3.49. The molecule has 0 unspecified atom stereocenters. The summed E-state index contributed by atoms with van der Waals surface area (Å²) in [5, 5.41) is 2.48. The molecule has 5 rings (SSSR count). The van der Waals surface area contributed by atoms with Gasteiger partial charge in [0.25, 0.3) is 0 Å². The van der Waals surface area contributed by atoms with Gasteiger partial charge in [-0.3, -0.25) is 4.99 Å². The molecule has 0 saturated carbocycles. The Morgan fingerprint density at radius 2 is 1.42 bits per heavy atom. The third kappa shape index (κ3) is 4.49. The van der Waals surface area contributed by atoms with E-state index >= 15 is 0 Å². The van der Waals surface area contributed by atoms with Crippen LogP contribution in [0.15, 0.2) is 65.8 Å². The number of imidazole rings is 1. The first kappa shape index (κ1) is 24.4. The smallest absolute Gasteiger partial charge is 0.124 e. The molecule has 1 aromatic heterocycles. The molecule has 4 aromatic rings. The lowest BCUT2D eigenvalue weighted by Crippen LogP contribution is -2.42. The molecule has 2 atom stereocenters. The highest BCUT2D eigenvalue weighted by molar-refractivity contribution is 6.04. The second-order valence-corrected chi connectivity index (χ2v) is 12.2. The Morgan fingerprint density at radius 1 is 0.778 bits per heavy atom. The monoisotopic (exact) mass is 479 g/mol. The molecule has 5 nitrogen and oxygen atoms in total. The van der Waals surface area contributed by atoms with Crippen LogP contribution in [-0.4, -0.2) is 21.7 Å². The summed E-state index contributed by atoms with van der Waals surface area (Å²) in [5.74, 6) is 0.819. The molecule has 0 amide bonds. The molecule has 1 aliphatic heterocycles. The molecule has 5 heteroatoms. The number of H-pyrrole nitrogens is 1. The van der Waals surface area contributed by atoms with Gasteiger partial charge in [0.05, 0.1) is 23.6 Å². The standard InChI is InChI=1S/C31H37N5/c1-30(2,3)27(32)25-16-23-22-13-11-20(15-21(22)12-14-24(23)35-25)18-7-9-19(10-8-18)26-17-34-29(36-26)28(33)31(4,5)6/h7-15,17,27-28H,16,32-33H2,1-6H3,(H,34,36)/t27-,28-/m1/s1.